The van der Waals surface area contributed by atoms with Crippen molar-refractivity contribution in [2.45, 2.75) is 26.5 Å². The Labute approximate surface area is 147 Å². The third-order valence-corrected chi connectivity index (χ3v) is 3.99. The summed E-state index contributed by atoms with van der Waals surface area (Å²) in [6.07, 6.45) is 4.78. The van der Waals surface area contributed by atoms with E-state index >= 15 is 0 Å². The van der Waals surface area contributed by atoms with Crippen molar-refractivity contribution in [2.75, 3.05) is 0 Å². The molecule has 1 N–H and O–H groups in total. The van der Waals surface area contributed by atoms with Gasteiger partial charge in [-0.2, -0.15) is 0 Å². The molecule has 0 fully saturated rings. The van der Waals surface area contributed by atoms with Gasteiger partial charge >= 0.3 is 0 Å². The van der Waals surface area contributed by atoms with E-state index in [0.717, 1.165) is 22.6 Å². The van der Waals surface area contributed by atoms with E-state index in [4.69, 9.17) is 4.74 Å². The van der Waals surface area contributed by atoms with Gasteiger partial charge in [0.1, 0.15) is 5.75 Å². The molecule has 1 atom stereocenters. The molecule has 3 rings (SSSR count). The predicted octanol–water partition coefficient (Wildman–Crippen LogP) is 3.26. The number of ether oxygens (including phenoxy) is 1. The summed E-state index contributed by atoms with van der Waals surface area (Å²) in [6, 6.07) is 15.6. The molecule has 0 bridgehead atoms. The van der Waals surface area contributed by atoms with Gasteiger partial charge in [-0.3, -0.25) is 4.79 Å². The van der Waals surface area contributed by atoms with E-state index in [2.05, 4.69) is 10.3 Å². The molecular weight excluding hydrogens is 314 g/mol. The summed E-state index contributed by atoms with van der Waals surface area (Å²) < 4.78 is 7.70. The molecule has 0 unspecified atom stereocenters. The topological polar surface area (TPSA) is 56.1 Å². The summed E-state index contributed by atoms with van der Waals surface area (Å²) in [5.74, 6) is 0.577. The van der Waals surface area contributed by atoms with Crippen LogP contribution in [0.1, 0.15) is 18.1 Å². The van der Waals surface area contributed by atoms with Crippen molar-refractivity contribution in [1.82, 2.24) is 14.9 Å². The molecule has 1 heterocycles. The Balaban J connectivity index is 1.64. The van der Waals surface area contributed by atoms with Gasteiger partial charge in [-0.1, -0.05) is 36.4 Å². The Hall–Kier alpha value is -3.08. The summed E-state index contributed by atoms with van der Waals surface area (Å²) in [7, 11) is 0. The Kier molecular flexibility index (Phi) is 5.14. The summed E-state index contributed by atoms with van der Waals surface area (Å²) in [6.45, 7) is 4.14. The highest BCUT2D eigenvalue weighted by atomic mass is 16.5. The number of hydrogen-bond acceptors (Lipinski definition) is 3. The van der Waals surface area contributed by atoms with Crippen molar-refractivity contribution in [3.8, 4) is 11.4 Å². The van der Waals surface area contributed by atoms with Gasteiger partial charge in [-0.15, -0.1) is 0 Å². The largest absolute Gasteiger partial charge is 0.481 e. The molecule has 2 aromatic carbocycles. The van der Waals surface area contributed by atoms with Gasteiger partial charge in [0.2, 0.25) is 0 Å². The molecule has 0 spiro atoms. The van der Waals surface area contributed by atoms with Crippen molar-refractivity contribution in [3.63, 3.8) is 0 Å². The second-order valence-electron chi connectivity index (χ2n) is 5.84. The molecule has 128 valence electrons. The van der Waals surface area contributed by atoms with Gasteiger partial charge in [0, 0.05) is 18.9 Å². The fourth-order valence-corrected chi connectivity index (χ4v) is 2.57. The van der Waals surface area contributed by atoms with Gasteiger partial charge in [0.25, 0.3) is 5.91 Å². The molecule has 1 amide bonds. The first-order chi connectivity index (χ1) is 12.1. The fraction of sp³-hybridized carbons (Fsp3) is 0.200. The fourth-order valence-electron chi connectivity index (χ4n) is 2.57. The lowest BCUT2D eigenvalue weighted by atomic mass is 10.1. The van der Waals surface area contributed by atoms with Crippen LogP contribution in [0.4, 0.5) is 0 Å². The van der Waals surface area contributed by atoms with Crippen LogP contribution in [-0.2, 0) is 11.3 Å². The SMILES string of the molecule is Cc1ccccc1O[C@@H](C)C(=O)NCc1ccccc1-n1ccnc1. The maximum atomic E-state index is 12.4. The van der Waals surface area contributed by atoms with Crippen LogP contribution in [0.25, 0.3) is 5.69 Å². The van der Waals surface area contributed by atoms with Crippen molar-refractivity contribution in [3.05, 3.63) is 78.4 Å². The normalized spacial score (nSPS) is 11.8. The summed E-state index contributed by atoms with van der Waals surface area (Å²) in [5, 5.41) is 2.94. The van der Waals surface area contributed by atoms with E-state index in [1.54, 1.807) is 19.4 Å². The highest BCUT2D eigenvalue weighted by Crippen LogP contribution is 2.18. The lowest BCUT2D eigenvalue weighted by molar-refractivity contribution is -0.127. The average Bonchev–Trinajstić information content (AvgIpc) is 3.16. The number of hydrogen-bond donors (Lipinski definition) is 1. The van der Waals surface area contributed by atoms with Crippen molar-refractivity contribution >= 4 is 5.91 Å². The first-order valence-corrected chi connectivity index (χ1v) is 8.21. The van der Waals surface area contributed by atoms with Gasteiger partial charge in [-0.25, -0.2) is 4.98 Å². The first-order valence-electron chi connectivity index (χ1n) is 8.21. The minimum atomic E-state index is -0.568. The van der Waals surface area contributed by atoms with Crippen LogP contribution < -0.4 is 10.1 Å². The number of rotatable bonds is 6. The first kappa shape index (κ1) is 16.8. The molecule has 0 radical (unpaired) electrons. The molecule has 0 saturated heterocycles. The zero-order valence-electron chi connectivity index (χ0n) is 14.3. The average molecular weight is 335 g/mol. The second kappa shape index (κ2) is 7.66. The number of benzene rings is 2. The van der Waals surface area contributed by atoms with Gasteiger partial charge in [0.15, 0.2) is 6.10 Å². The van der Waals surface area contributed by atoms with E-state index < -0.39 is 6.10 Å². The summed E-state index contributed by atoms with van der Waals surface area (Å²) in [4.78, 5) is 16.4. The molecule has 25 heavy (non-hydrogen) atoms. The highest BCUT2D eigenvalue weighted by molar-refractivity contribution is 5.80. The third kappa shape index (κ3) is 4.07. The van der Waals surface area contributed by atoms with Crippen LogP contribution in [0.3, 0.4) is 0 Å². The van der Waals surface area contributed by atoms with Crippen LogP contribution >= 0.6 is 0 Å². The lowest BCUT2D eigenvalue weighted by Gasteiger charge is -2.17. The van der Waals surface area contributed by atoms with Gasteiger partial charge in [-0.05, 0) is 37.1 Å². The predicted molar refractivity (Wildman–Crippen MR) is 96.7 cm³/mol. The highest BCUT2D eigenvalue weighted by Gasteiger charge is 2.15. The number of nitrogens with one attached hydrogen (secondary N) is 1. The van der Waals surface area contributed by atoms with Crippen molar-refractivity contribution < 1.29 is 9.53 Å². The van der Waals surface area contributed by atoms with Gasteiger partial charge < -0.3 is 14.6 Å². The number of imidazole rings is 1. The number of aromatic nitrogens is 2. The molecule has 0 aliphatic heterocycles. The maximum Gasteiger partial charge on any atom is 0.261 e. The zero-order chi connectivity index (χ0) is 17.6. The molecule has 1 aromatic heterocycles. The van der Waals surface area contributed by atoms with Gasteiger partial charge in [0.05, 0.1) is 12.0 Å². The molecule has 5 nitrogen and oxygen atoms in total. The molecule has 0 aliphatic carbocycles. The van der Waals surface area contributed by atoms with Crippen LogP contribution in [0, 0.1) is 6.92 Å². The van der Waals surface area contributed by atoms with E-state index in [9.17, 15) is 4.79 Å². The smallest absolute Gasteiger partial charge is 0.261 e. The number of aryl methyl sites for hydroxylation is 1. The second-order valence-corrected chi connectivity index (χ2v) is 5.84. The maximum absolute atomic E-state index is 12.4. The third-order valence-electron chi connectivity index (χ3n) is 3.99. The minimum absolute atomic E-state index is 0.149. The lowest BCUT2D eigenvalue weighted by Crippen LogP contribution is -2.36. The molecular formula is C20H21N3O2. The summed E-state index contributed by atoms with van der Waals surface area (Å²) >= 11 is 0. The van der Waals surface area contributed by atoms with E-state index in [1.165, 1.54) is 0 Å². The van der Waals surface area contributed by atoms with E-state index in [0.29, 0.717) is 6.54 Å². The molecule has 0 aliphatic rings. The number of amides is 1. The number of nitrogens with zero attached hydrogens (tertiary/aromatic N) is 2. The Bertz CT molecular complexity index is 844. The van der Waals surface area contributed by atoms with Crippen LogP contribution in [0.5, 0.6) is 5.75 Å². The molecule has 5 heteroatoms. The number of carbonyl (C=O) groups excluding carboxylic acids is 1. The summed E-state index contributed by atoms with van der Waals surface area (Å²) in [5.41, 5.74) is 3.01. The van der Waals surface area contributed by atoms with Crippen LogP contribution in [-0.4, -0.2) is 21.6 Å². The quantitative estimate of drug-likeness (QED) is 0.752. The number of para-hydroxylation sites is 2. The Morgan fingerprint density at radius 1 is 1.20 bits per heavy atom. The molecule has 3 aromatic rings. The van der Waals surface area contributed by atoms with Crippen molar-refractivity contribution in [1.29, 1.82) is 0 Å². The monoisotopic (exact) mass is 335 g/mol. The minimum Gasteiger partial charge on any atom is -0.481 e. The van der Waals surface area contributed by atoms with Crippen LogP contribution in [0.2, 0.25) is 0 Å². The number of carbonyl (C=O) groups is 1. The standard InChI is InChI=1S/C20H21N3O2/c1-15-7-3-6-10-19(15)25-16(2)20(24)22-13-17-8-4-5-9-18(17)23-12-11-21-14-23/h3-12,14,16H,13H2,1-2H3,(H,22,24)/t16-/m0/s1. The molecule has 0 saturated carbocycles. The van der Waals surface area contributed by atoms with Crippen molar-refractivity contribution in [2.24, 2.45) is 0 Å². The van der Waals surface area contributed by atoms with E-state index in [1.807, 2.05) is 66.2 Å². The van der Waals surface area contributed by atoms with Crippen LogP contribution in [0.15, 0.2) is 67.3 Å². The Morgan fingerprint density at radius 2 is 1.96 bits per heavy atom. The zero-order valence-corrected chi connectivity index (χ0v) is 14.3. The van der Waals surface area contributed by atoms with E-state index in [-0.39, 0.29) is 5.91 Å². The Morgan fingerprint density at radius 3 is 2.72 bits per heavy atom.